The molecule has 2 rings (SSSR count). The quantitative estimate of drug-likeness (QED) is 0.829. The number of hydrogen-bond donors (Lipinski definition) is 2. The predicted octanol–water partition coefficient (Wildman–Crippen LogP) is 0.922. The molecule has 0 atom stereocenters. The topological polar surface area (TPSA) is 70.2 Å². The third-order valence-electron chi connectivity index (χ3n) is 3.73. The molecule has 0 saturated carbocycles. The van der Waals surface area contributed by atoms with Crippen molar-refractivity contribution in [1.29, 1.82) is 0 Å². The van der Waals surface area contributed by atoms with Gasteiger partial charge < -0.3 is 19.9 Å². The van der Waals surface area contributed by atoms with Gasteiger partial charge in [0.25, 0.3) is 5.56 Å². The van der Waals surface area contributed by atoms with Gasteiger partial charge in [0, 0.05) is 6.54 Å². The first kappa shape index (κ1) is 13.9. The summed E-state index contributed by atoms with van der Waals surface area (Å²) in [6.45, 7) is 6.48. The van der Waals surface area contributed by atoms with Gasteiger partial charge in [-0.3, -0.25) is 4.79 Å². The molecule has 106 valence electrons. The van der Waals surface area contributed by atoms with E-state index in [0.717, 1.165) is 26.2 Å². The average Bonchev–Trinajstić information content (AvgIpc) is 2.45. The minimum absolute atomic E-state index is 0.249. The maximum Gasteiger partial charge on any atom is 0.295 e. The lowest BCUT2D eigenvalue weighted by Gasteiger charge is -2.31. The standard InChI is InChI=1S/C13H22N4O2/c1-3-17-6-4-10(5-7-17)8-14-12-11(19-2)13(18)16-9-15-12/h9-10H,3-8H2,1-2H3,(H2,14,15,16,18). The van der Waals surface area contributed by atoms with E-state index in [2.05, 4.69) is 27.1 Å². The highest BCUT2D eigenvalue weighted by molar-refractivity contribution is 5.47. The maximum absolute atomic E-state index is 11.5. The van der Waals surface area contributed by atoms with Gasteiger partial charge in [-0.15, -0.1) is 0 Å². The second-order valence-corrected chi connectivity index (χ2v) is 4.87. The number of nitrogens with zero attached hydrogens (tertiary/aromatic N) is 2. The Labute approximate surface area is 113 Å². The molecule has 6 nitrogen and oxygen atoms in total. The van der Waals surface area contributed by atoms with Crippen molar-refractivity contribution in [2.24, 2.45) is 5.92 Å². The monoisotopic (exact) mass is 266 g/mol. The molecule has 0 spiro atoms. The van der Waals surface area contributed by atoms with Crippen LogP contribution in [0.2, 0.25) is 0 Å². The van der Waals surface area contributed by atoms with E-state index >= 15 is 0 Å². The van der Waals surface area contributed by atoms with Crippen LogP contribution in [0.25, 0.3) is 0 Å². The molecule has 1 aliphatic rings. The Morgan fingerprint density at radius 3 is 2.89 bits per heavy atom. The molecule has 6 heteroatoms. The van der Waals surface area contributed by atoms with Gasteiger partial charge in [-0.25, -0.2) is 4.98 Å². The Balaban J connectivity index is 1.89. The van der Waals surface area contributed by atoms with Crippen LogP contribution in [0, 0.1) is 5.92 Å². The molecule has 0 radical (unpaired) electrons. The van der Waals surface area contributed by atoms with E-state index in [0.29, 0.717) is 11.7 Å². The van der Waals surface area contributed by atoms with Gasteiger partial charge in [-0.05, 0) is 38.4 Å². The summed E-state index contributed by atoms with van der Waals surface area (Å²) in [5.74, 6) is 1.42. The number of piperidine rings is 1. The highest BCUT2D eigenvalue weighted by Gasteiger charge is 2.18. The van der Waals surface area contributed by atoms with Crippen LogP contribution >= 0.6 is 0 Å². The maximum atomic E-state index is 11.5. The van der Waals surface area contributed by atoms with Crippen molar-refractivity contribution in [3.05, 3.63) is 16.7 Å². The molecule has 19 heavy (non-hydrogen) atoms. The van der Waals surface area contributed by atoms with Crippen LogP contribution in [-0.4, -0.2) is 48.2 Å². The summed E-state index contributed by atoms with van der Waals surface area (Å²) < 4.78 is 5.07. The van der Waals surface area contributed by atoms with Crippen LogP contribution in [0.4, 0.5) is 5.82 Å². The summed E-state index contributed by atoms with van der Waals surface area (Å²) in [6.07, 6.45) is 3.77. The number of nitrogens with one attached hydrogen (secondary N) is 2. The number of H-pyrrole nitrogens is 1. The molecule has 1 fully saturated rings. The summed E-state index contributed by atoms with van der Waals surface area (Å²) >= 11 is 0. The second-order valence-electron chi connectivity index (χ2n) is 4.87. The molecule has 1 saturated heterocycles. The van der Waals surface area contributed by atoms with Crippen molar-refractivity contribution < 1.29 is 4.74 Å². The summed E-state index contributed by atoms with van der Waals surface area (Å²) in [6, 6.07) is 0. The summed E-state index contributed by atoms with van der Waals surface area (Å²) in [5.41, 5.74) is -0.249. The fourth-order valence-electron chi connectivity index (χ4n) is 2.45. The van der Waals surface area contributed by atoms with Gasteiger partial charge >= 0.3 is 0 Å². The zero-order chi connectivity index (χ0) is 13.7. The van der Waals surface area contributed by atoms with Gasteiger partial charge in [-0.2, -0.15) is 0 Å². The summed E-state index contributed by atoms with van der Waals surface area (Å²) in [7, 11) is 1.48. The van der Waals surface area contributed by atoms with Crippen molar-refractivity contribution >= 4 is 5.82 Å². The minimum Gasteiger partial charge on any atom is -0.489 e. The fourth-order valence-corrected chi connectivity index (χ4v) is 2.45. The van der Waals surface area contributed by atoms with E-state index < -0.39 is 0 Å². The number of methoxy groups -OCH3 is 1. The van der Waals surface area contributed by atoms with Crippen LogP contribution in [-0.2, 0) is 0 Å². The molecule has 0 aliphatic carbocycles. The zero-order valence-corrected chi connectivity index (χ0v) is 11.6. The summed E-state index contributed by atoms with van der Waals surface area (Å²) in [5, 5.41) is 3.23. The minimum atomic E-state index is -0.249. The lowest BCUT2D eigenvalue weighted by atomic mass is 9.97. The van der Waals surface area contributed by atoms with Crippen LogP contribution in [0.1, 0.15) is 19.8 Å². The Morgan fingerprint density at radius 2 is 2.26 bits per heavy atom. The van der Waals surface area contributed by atoms with E-state index in [1.807, 2.05) is 0 Å². The number of likely N-dealkylation sites (tertiary alicyclic amines) is 1. The molecule has 0 unspecified atom stereocenters. The Morgan fingerprint density at radius 1 is 1.53 bits per heavy atom. The van der Waals surface area contributed by atoms with E-state index in [-0.39, 0.29) is 11.3 Å². The van der Waals surface area contributed by atoms with Crippen molar-refractivity contribution in [2.75, 3.05) is 38.6 Å². The smallest absolute Gasteiger partial charge is 0.295 e. The van der Waals surface area contributed by atoms with Gasteiger partial charge in [0.2, 0.25) is 5.75 Å². The summed E-state index contributed by atoms with van der Waals surface area (Å²) in [4.78, 5) is 20.6. The fraction of sp³-hybridized carbons (Fsp3) is 0.692. The third-order valence-corrected chi connectivity index (χ3v) is 3.73. The molecule has 0 aromatic carbocycles. The predicted molar refractivity (Wildman–Crippen MR) is 74.7 cm³/mol. The van der Waals surface area contributed by atoms with Gasteiger partial charge in [0.1, 0.15) is 0 Å². The SMILES string of the molecule is CCN1CCC(CNc2nc[nH]c(=O)c2OC)CC1. The molecule has 0 amide bonds. The first-order valence-electron chi connectivity index (χ1n) is 6.82. The van der Waals surface area contributed by atoms with Crippen LogP contribution in [0.5, 0.6) is 5.75 Å². The molecule has 2 N–H and O–H groups in total. The first-order valence-corrected chi connectivity index (χ1v) is 6.82. The number of hydrogen-bond acceptors (Lipinski definition) is 5. The molecule has 1 aromatic heterocycles. The number of anilines is 1. The van der Waals surface area contributed by atoms with Gasteiger partial charge in [0.05, 0.1) is 13.4 Å². The second kappa shape index (κ2) is 6.56. The highest BCUT2D eigenvalue weighted by Crippen LogP contribution is 2.19. The van der Waals surface area contributed by atoms with E-state index in [1.54, 1.807) is 0 Å². The number of ether oxygens (including phenoxy) is 1. The third kappa shape index (κ3) is 3.47. The highest BCUT2D eigenvalue weighted by atomic mass is 16.5. The molecule has 1 aliphatic heterocycles. The van der Waals surface area contributed by atoms with E-state index in [9.17, 15) is 4.79 Å². The molecular formula is C13H22N4O2. The molecule has 0 bridgehead atoms. The lowest BCUT2D eigenvalue weighted by molar-refractivity contribution is 0.198. The molecular weight excluding hydrogens is 244 g/mol. The Kier molecular flexibility index (Phi) is 4.79. The number of aromatic nitrogens is 2. The zero-order valence-electron chi connectivity index (χ0n) is 11.6. The van der Waals surface area contributed by atoms with Gasteiger partial charge in [-0.1, -0.05) is 6.92 Å². The Bertz CT molecular complexity index is 452. The largest absolute Gasteiger partial charge is 0.489 e. The molecule has 2 heterocycles. The molecule has 1 aromatic rings. The normalized spacial score (nSPS) is 17.4. The number of rotatable bonds is 5. The van der Waals surface area contributed by atoms with Crippen LogP contribution in [0.15, 0.2) is 11.1 Å². The first-order chi connectivity index (χ1) is 9.24. The van der Waals surface area contributed by atoms with E-state index in [1.165, 1.54) is 26.3 Å². The van der Waals surface area contributed by atoms with Gasteiger partial charge in [0.15, 0.2) is 5.82 Å². The van der Waals surface area contributed by atoms with Crippen molar-refractivity contribution in [2.45, 2.75) is 19.8 Å². The van der Waals surface area contributed by atoms with Crippen molar-refractivity contribution in [3.63, 3.8) is 0 Å². The number of aromatic amines is 1. The van der Waals surface area contributed by atoms with Crippen LogP contribution < -0.4 is 15.6 Å². The van der Waals surface area contributed by atoms with Crippen molar-refractivity contribution in [1.82, 2.24) is 14.9 Å². The Hall–Kier alpha value is -1.56. The van der Waals surface area contributed by atoms with Crippen LogP contribution in [0.3, 0.4) is 0 Å². The van der Waals surface area contributed by atoms with E-state index in [4.69, 9.17) is 4.74 Å². The van der Waals surface area contributed by atoms with Crippen molar-refractivity contribution in [3.8, 4) is 5.75 Å². The lowest BCUT2D eigenvalue weighted by Crippen LogP contribution is -2.35. The average molecular weight is 266 g/mol.